The Balaban J connectivity index is 1.93. The Morgan fingerprint density at radius 3 is 2.83 bits per heavy atom. The molecule has 1 unspecified atom stereocenters. The van der Waals surface area contributed by atoms with Crippen LogP contribution in [0.2, 0.25) is 0 Å². The average Bonchev–Trinajstić information content (AvgIpc) is 2.94. The van der Waals surface area contributed by atoms with Gasteiger partial charge in [0.05, 0.1) is 9.70 Å². The van der Waals surface area contributed by atoms with Crippen LogP contribution in [0.4, 0.5) is 0 Å². The van der Waals surface area contributed by atoms with E-state index < -0.39 is 0 Å². The number of likely N-dealkylation sites (tertiary alicyclic amines) is 1. The molecule has 0 bridgehead atoms. The van der Waals surface area contributed by atoms with Crippen molar-refractivity contribution in [2.45, 2.75) is 6.42 Å². The first kappa shape index (κ1) is 13.3. The molecular formula is C12H13BrN2O2S. The lowest BCUT2D eigenvalue weighted by Gasteiger charge is -2.12. The Kier molecular flexibility index (Phi) is 4.19. The van der Waals surface area contributed by atoms with Crippen molar-refractivity contribution < 1.29 is 9.59 Å². The minimum atomic E-state index is -0.323. The molecule has 96 valence electrons. The number of amides is 2. The number of nitrogens with zero attached hydrogens (tertiary/aromatic N) is 1. The number of nitrogens with two attached hydrogens (primary N) is 1. The largest absolute Gasteiger partial charge is 0.369 e. The molecule has 18 heavy (non-hydrogen) atoms. The minimum absolute atomic E-state index is 0.0664. The molecule has 1 fully saturated rings. The number of hydrogen-bond donors (Lipinski definition) is 1. The molecule has 0 spiro atoms. The van der Waals surface area contributed by atoms with Gasteiger partial charge in [0.1, 0.15) is 0 Å². The zero-order valence-corrected chi connectivity index (χ0v) is 12.0. The van der Waals surface area contributed by atoms with E-state index in [0.717, 1.165) is 8.66 Å². The Hall–Kier alpha value is -1.14. The van der Waals surface area contributed by atoms with Gasteiger partial charge in [0.2, 0.25) is 11.8 Å². The van der Waals surface area contributed by atoms with Crippen LogP contribution in [-0.2, 0) is 9.59 Å². The van der Waals surface area contributed by atoms with Gasteiger partial charge in [-0.15, -0.1) is 11.3 Å². The van der Waals surface area contributed by atoms with E-state index in [1.54, 1.807) is 28.4 Å². The van der Waals surface area contributed by atoms with Gasteiger partial charge in [-0.1, -0.05) is 0 Å². The maximum atomic E-state index is 11.9. The van der Waals surface area contributed by atoms with Crippen molar-refractivity contribution >= 4 is 45.2 Å². The molecule has 0 aromatic carbocycles. The fourth-order valence-electron chi connectivity index (χ4n) is 1.87. The maximum absolute atomic E-state index is 11.9. The van der Waals surface area contributed by atoms with Crippen LogP contribution < -0.4 is 5.73 Å². The van der Waals surface area contributed by atoms with E-state index in [1.807, 2.05) is 12.1 Å². The van der Waals surface area contributed by atoms with Gasteiger partial charge in [-0.3, -0.25) is 9.59 Å². The molecule has 2 rings (SSSR count). The predicted molar refractivity (Wildman–Crippen MR) is 74.9 cm³/mol. The molecule has 1 aliphatic heterocycles. The highest BCUT2D eigenvalue weighted by Crippen LogP contribution is 2.23. The van der Waals surface area contributed by atoms with E-state index in [-0.39, 0.29) is 17.7 Å². The number of carbonyl (C=O) groups excluding carboxylic acids is 2. The van der Waals surface area contributed by atoms with Crippen molar-refractivity contribution in [3.63, 3.8) is 0 Å². The minimum Gasteiger partial charge on any atom is -0.369 e. The molecular weight excluding hydrogens is 316 g/mol. The van der Waals surface area contributed by atoms with E-state index in [1.165, 1.54) is 0 Å². The van der Waals surface area contributed by atoms with E-state index in [4.69, 9.17) is 5.73 Å². The second kappa shape index (κ2) is 5.67. The van der Waals surface area contributed by atoms with Gasteiger partial charge >= 0.3 is 0 Å². The molecule has 2 N–H and O–H groups in total. The van der Waals surface area contributed by atoms with Crippen LogP contribution in [0.3, 0.4) is 0 Å². The Bertz CT molecular complexity index is 498. The lowest BCUT2D eigenvalue weighted by Crippen LogP contribution is -2.30. The van der Waals surface area contributed by atoms with Crippen LogP contribution >= 0.6 is 27.3 Å². The fraction of sp³-hybridized carbons (Fsp3) is 0.333. The SMILES string of the molecule is NC(=O)C1CCN(C(=O)/C=C/c2ccc(Br)s2)C1. The van der Waals surface area contributed by atoms with E-state index in [0.29, 0.717) is 19.5 Å². The number of carbonyl (C=O) groups is 2. The fourth-order valence-corrected chi connectivity index (χ4v) is 3.20. The first-order valence-corrected chi connectivity index (χ1v) is 7.19. The molecule has 2 amide bonds. The van der Waals surface area contributed by atoms with Gasteiger partial charge in [-0.25, -0.2) is 0 Å². The second-order valence-electron chi connectivity index (χ2n) is 4.15. The summed E-state index contributed by atoms with van der Waals surface area (Å²) in [6.07, 6.45) is 4.00. The number of hydrogen-bond acceptors (Lipinski definition) is 3. The normalized spacial score (nSPS) is 19.6. The summed E-state index contributed by atoms with van der Waals surface area (Å²) in [5, 5.41) is 0. The summed E-state index contributed by atoms with van der Waals surface area (Å²) < 4.78 is 1.03. The second-order valence-corrected chi connectivity index (χ2v) is 6.64. The first-order chi connectivity index (χ1) is 8.56. The monoisotopic (exact) mass is 328 g/mol. The van der Waals surface area contributed by atoms with Crippen LogP contribution in [0.1, 0.15) is 11.3 Å². The Morgan fingerprint density at radius 2 is 2.28 bits per heavy atom. The molecule has 0 radical (unpaired) electrons. The van der Waals surface area contributed by atoms with E-state index in [2.05, 4.69) is 15.9 Å². The summed E-state index contributed by atoms with van der Waals surface area (Å²) >= 11 is 4.93. The van der Waals surface area contributed by atoms with Crippen LogP contribution in [0.15, 0.2) is 22.0 Å². The van der Waals surface area contributed by atoms with Crippen LogP contribution in [0.25, 0.3) is 6.08 Å². The first-order valence-electron chi connectivity index (χ1n) is 5.58. The predicted octanol–water partition coefficient (Wildman–Crippen LogP) is 1.86. The van der Waals surface area contributed by atoms with Crippen molar-refractivity contribution in [3.8, 4) is 0 Å². The van der Waals surface area contributed by atoms with Crippen LogP contribution in [-0.4, -0.2) is 29.8 Å². The van der Waals surface area contributed by atoms with Crippen molar-refractivity contribution in [3.05, 3.63) is 26.9 Å². The van der Waals surface area contributed by atoms with Crippen molar-refractivity contribution in [2.75, 3.05) is 13.1 Å². The van der Waals surface area contributed by atoms with Gasteiger partial charge in [-0.2, -0.15) is 0 Å². The lowest BCUT2D eigenvalue weighted by atomic mass is 10.1. The summed E-state index contributed by atoms with van der Waals surface area (Å²) in [5.41, 5.74) is 5.23. The number of rotatable bonds is 3. The average molecular weight is 329 g/mol. The molecule has 1 saturated heterocycles. The van der Waals surface area contributed by atoms with E-state index >= 15 is 0 Å². The van der Waals surface area contributed by atoms with Gasteiger partial charge in [0.25, 0.3) is 0 Å². The van der Waals surface area contributed by atoms with Crippen LogP contribution in [0.5, 0.6) is 0 Å². The van der Waals surface area contributed by atoms with Gasteiger partial charge < -0.3 is 10.6 Å². The maximum Gasteiger partial charge on any atom is 0.246 e. The molecule has 4 nitrogen and oxygen atoms in total. The number of primary amides is 1. The summed E-state index contributed by atoms with van der Waals surface area (Å²) in [7, 11) is 0. The molecule has 2 heterocycles. The smallest absolute Gasteiger partial charge is 0.246 e. The van der Waals surface area contributed by atoms with Gasteiger partial charge in [0.15, 0.2) is 0 Å². The number of halogens is 1. The molecule has 0 saturated carbocycles. The Morgan fingerprint density at radius 1 is 1.50 bits per heavy atom. The van der Waals surface area contributed by atoms with E-state index in [9.17, 15) is 9.59 Å². The summed E-state index contributed by atoms with van der Waals surface area (Å²) in [5.74, 6) is -0.585. The molecule has 1 aromatic heterocycles. The zero-order valence-electron chi connectivity index (χ0n) is 9.64. The molecule has 1 atom stereocenters. The van der Waals surface area contributed by atoms with Crippen molar-refractivity contribution in [2.24, 2.45) is 11.7 Å². The third kappa shape index (κ3) is 3.20. The van der Waals surface area contributed by atoms with Crippen LogP contribution in [0, 0.1) is 5.92 Å². The quantitative estimate of drug-likeness (QED) is 0.861. The summed E-state index contributed by atoms with van der Waals surface area (Å²) in [4.78, 5) is 25.6. The third-order valence-electron chi connectivity index (χ3n) is 2.89. The topological polar surface area (TPSA) is 63.4 Å². The summed E-state index contributed by atoms with van der Waals surface area (Å²) in [6.45, 7) is 1.04. The highest BCUT2D eigenvalue weighted by atomic mass is 79.9. The third-order valence-corrected chi connectivity index (χ3v) is 4.48. The zero-order chi connectivity index (χ0) is 13.1. The standard InChI is InChI=1S/C12H13BrN2O2S/c13-10-3-1-9(18-10)2-4-11(16)15-6-5-8(7-15)12(14)17/h1-4,8H,5-7H2,(H2,14,17)/b4-2+. The molecule has 0 aliphatic carbocycles. The summed E-state index contributed by atoms with van der Waals surface area (Å²) in [6, 6.07) is 3.88. The molecule has 1 aromatic rings. The molecule has 1 aliphatic rings. The van der Waals surface area contributed by atoms with Crippen molar-refractivity contribution in [1.82, 2.24) is 4.90 Å². The highest BCUT2D eigenvalue weighted by Gasteiger charge is 2.28. The molecule has 6 heteroatoms. The Labute approximate surface area is 118 Å². The number of thiophene rings is 1. The lowest BCUT2D eigenvalue weighted by molar-refractivity contribution is -0.125. The highest BCUT2D eigenvalue weighted by molar-refractivity contribution is 9.11. The van der Waals surface area contributed by atoms with Gasteiger partial charge in [0, 0.05) is 24.0 Å². The van der Waals surface area contributed by atoms with Crippen molar-refractivity contribution in [1.29, 1.82) is 0 Å². The van der Waals surface area contributed by atoms with Gasteiger partial charge in [-0.05, 0) is 40.6 Å².